The van der Waals surface area contributed by atoms with Gasteiger partial charge in [0.2, 0.25) is 0 Å². The largest absolute Gasteiger partial charge is 0.383 e. The lowest BCUT2D eigenvalue weighted by Crippen LogP contribution is -2.41. The summed E-state index contributed by atoms with van der Waals surface area (Å²) in [6.45, 7) is 1.03. The summed E-state index contributed by atoms with van der Waals surface area (Å²) in [4.78, 5) is 11.1. The second-order valence-corrected chi connectivity index (χ2v) is 7.23. The fraction of sp³-hybridized carbons (Fsp3) is 0.174. The van der Waals surface area contributed by atoms with E-state index in [0.717, 1.165) is 35.6 Å². The van der Waals surface area contributed by atoms with Crippen molar-refractivity contribution < 1.29 is 4.52 Å². The number of benzene rings is 1. The minimum Gasteiger partial charge on any atom is -0.383 e. The van der Waals surface area contributed by atoms with Crippen LogP contribution in [0.25, 0.3) is 11.3 Å². The van der Waals surface area contributed by atoms with Gasteiger partial charge in [0.1, 0.15) is 11.6 Å². The highest BCUT2D eigenvalue weighted by atomic mass is 16.5. The molecule has 29 heavy (non-hydrogen) atoms. The lowest BCUT2D eigenvalue weighted by Gasteiger charge is -2.42. The minimum atomic E-state index is 0.414. The Morgan fingerprint density at radius 1 is 1.03 bits per heavy atom. The van der Waals surface area contributed by atoms with Gasteiger partial charge in [-0.1, -0.05) is 41.6 Å². The molecule has 3 aromatic heterocycles. The summed E-state index contributed by atoms with van der Waals surface area (Å²) in [7, 11) is 0. The molecular formula is C23H21N5O. The third-order valence-electron chi connectivity index (χ3n) is 5.36. The van der Waals surface area contributed by atoms with E-state index in [2.05, 4.69) is 62.5 Å². The van der Waals surface area contributed by atoms with Gasteiger partial charge < -0.3 is 15.2 Å². The van der Waals surface area contributed by atoms with Crippen molar-refractivity contribution in [1.29, 1.82) is 0 Å². The van der Waals surface area contributed by atoms with Gasteiger partial charge in [-0.05, 0) is 35.7 Å². The van der Waals surface area contributed by atoms with E-state index >= 15 is 0 Å². The monoisotopic (exact) mass is 383 g/mol. The van der Waals surface area contributed by atoms with E-state index in [4.69, 9.17) is 10.3 Å². The van der Waals surface area contributed by atoms with E-state index in [9.17, 15) is 0 Å². The number of aromatic nitrogens is 3. The van der Waals surface area contributed by atoms with Gasteiger partial charge in [-0.25, -0.2) is 9.97 Å². The van der Waals surface area contributed by atoms with Crippen molar-refractivity contribution in [3.05, 3.63) is 89.9 Å². The fourth-order valence-corrected chi connectivity index (χ4v) is 3.73. The first kappa shape index (κ1) is 17.4. The van der Waals surface area contributed by atoms with Crippen LogP contribution < -0.4 is 10.6 Å². The molecule has 5 rings (SSSR count). The van der Waals surface area contributed by atoms with Crippen molar-refractivity contribution >= 4 is 11.6 Å². The molecule has 4 heterocycles. The average molecular weight is 383 g/mol. The second kappa shape index (κ2) is 7.39. The van der Waals surface area contributed by atoms with Gasteiger partial charge in [0.25, 0.3) is 0 Å². The average Bonchev–Trinajstić information content (AvgIpc) is 3.18. The topological polar surface area (TPSA) is 81.1 Å². The van der Waals surface area contributed by atoms with Crippen LogP contribution >= 0.6 is 0 Å². The summed E-state index contributed by atoms with van der Waals surface area (Å²) < 4.78 is 5.46. The normalized spacial score (nSPS) is 15.9. The van der Waals surface area contributed by atoms with Gasteiger partial charge in [-0.15, -0.1) is 0 Å². The summed E-state index contributed by atoms with van der Waals surface area (Å²) in [6, 6.07) is 20.8. The quantitative estimate of drug-likeness (QED) is 0.555. The van der Waals surface area contributed by atoms with Crippen LogP contribution in [0, 0.1) is 0 Å². The van der Waals surface area contributed by atoms with Gasteiger partial charge in [0.15, 0.2) is 5.76 Å². The molecule has 4 aromatic rings. The zero-order valence-electron chi connectivity index (χ0n) is 15.9. The number of pyridine rings is 2. The lowest BCUT2D eigenvalue weighted by molar-refractivity contribution is 0.425. The molecule has 1 atom stereocenters. The third kappa shape index (κ3) is 3.45. The fourth-order valence-electron chi connectivity index (χ4n) is 3.73. The van der Waals surface area contributed by atoms with E-state index in [1.807, 2.05) is 24.4 Å². The molecule has 0 unspecified atom stereocenters. The predicted molar refractivity (Wildman–Crippen MR) is 112 cm³/mol. The Morgan fingerprint density at radius 3 is 2.66 bits per heavy atom. The van der Waals surface area contributed by atoms with Crippen molar-refractivity contribution in [3.8, 4) is 11.3 Å². The number of hydrogen-bond acceptors (Lipinski definition) is 6. The molecule has 0 saturated carbocycles. The maximum absolute atomic E-state index is 5.92. The minimum absolute atomic E-state index is 0.414. The van der Waals surface area contributed by atoms with E-state index in [0.29, 0.717) is 24.0 Å². The molecule has 0 amide bonds. The summed E-state index contributed by atoms with van der Waals surface area (Å²) in [5.74, 6) is 2.07. The highest BCUT2D eigenvalue weighted by Gasteiger charge is 2.30. The van der Waals surface area contributed by atoms with Crippen LogP contribution in [0.5, 0.6) is 0 Å². The van der Waals surface area contributed by atoms with E-state index in [1.165, 1.54) is 5.56 Å². The number of nitrogen functional groups attached to an aromatic ring is 1. The predicted octanol–water partition coefficient (Wildman–Crippen LogP) is 4.26. The molecule has 0 spiro atoms. The molecule has 2 N–H and O–H groups in total. The van der Waals surface area contributed by atoms with Crippen LogP contribution in [0.4, 0.5) is 11.6 Å². The van der Waals surface area contributed by atoms with E-state index in [-0.39, 0.29) is 0 Å². The summed E-state index contributed by atoms with van der Waals surface area (Å²) >= 11 is 0. The van der Waals surface area contributed by atoms with E-state index < -0.39 is 0 Å². The van der Waals surface area contributed by atoms with Crippen molar-refractivity contribution in [2.45, 2.75) is 18.9 Å². The van der Waals surface area contributed by atoms with Crippen molar-refractivity contribution in [1.82, 2.24) is 15.1 Å². The van der Waals surface area contributed by atoms with Crippen LogP contribution in [0.3, 0.4) is 0 Å². The molecule has 1 fully saturated rings. The van der Waals surface area contributed by atoms with Gasteiger partial charge in [0, 0.05) is 31.4 Å². The molecule has 1 aliphatic rings. The van der Waals surface area contributed by atoms with Gasteiger partial charge >= 0.3 is 0 Å². The Balaban J connectivity index is 1.29. The summed E-state index contributed by atoms with van der Waals surface area (Å²) in [5.41, 5.74) is 9.94. The Labute approximate surface area is 169 Å². The van der Waals surface area contributed by atoms with Crippen molar-refractivity contribution in [3.63, 3.8) is 0 Å². The molecule has 144 valence electrons. The van der Waals surface area contributed by atoms with Crippen LogP contribution in [0.2, 0.25) is 0 Å². The maximum atomic E-state index is 5.92. The van der Waals surface area contributed by atoms with Crippen LogP contribution in [0.15, 0.2) is 77.6 Å². The summed E-state index contributed by atoms with van der Waals surface area (Å²) in [6.07, 6.45) is 5.39. The van der Waals surface area contributed by atoms with Gasteiger partial charge in [-0.2, -0.15) is 0 Å². The third-order valence-corrected chi connectivity index (χ3v) is 5.36. The Morgan fingerprint density at radius 2 is 1.93 bits per heavy atom. The molecule has 1 aliphatic heterocycles. The van der Waals surface area contributed by atoms with Crippen LogP contribution in [-0.2, 0) is 6.42 Å². The number of nitrogens with two attached hydrogens (primary N) is 1. The second-order valence-electron chi connectivity index (χ2n) is 7.23. The first-order chi connectivity index (χ1) is 14.3. The molecule has 1 aromatic carbocycles. The Kier molecular flexibility index (Phi) is 4.44. The number of nitrogens with zero attached hydrogens (tertiary/aromatic N) is 4. The maximum Gasteiger partial charge on any atom is 0.170 e. The number of anilines is 2. The van der Waals surface area contributed by atoms with E-state index in [1.54, 1.807) is 6.20 Å². The van der Waals surface area contributed by atoms with Gasteiger partial charge in [0.05, 0.1) is 17.3 Å². The standard InChI is InChI=1S/C23H21N5O/c24-23-19(7-4-11-25-23)21-14-18(27-29-21)13-16-8-9-22(26-15-16)28-12-10-20(28)17-5-2-1-3-6-17/h1-9,11,14-15,20H,10,12-13H2,(H2,24,25)/t20-/m0/s1. The highest BCUT2D eigenvalue weighted by molar-refractivity contribution is 5.69. The Hall–Kier alpha value is -3.67. The van der Waals surface area contributed by atoms with Crippen LogP contribution in [0.1, 0.15) is 29.3 Å². The number of hydrogen-bond donors (Lipinski definition) is 1. The smallest absolute Gasteiger partial charge is 0.170 e. The van der Waals surface area contributed by atoms with Crippen LogP contribution in [-0.4, -0.2) is 21.7 Å². The zero-order chi connectivity index (χ0) is 19.6. The van der Waals surface area contributed by atoms with Gasteiger partial charge in [-0.3, -0.25) is 0 Å². The first-order valence-corrected chi connectivity index (χ1v) is 9.71. The molecule has 0 radical (unpaired) electrons. The molecule has 0 aliphatic carbocycles. The SMILES string of the molecule is Nc1ncccc1-c1cc(Cc2ccc(N3CC[C@H]3c3ccccc3)nc2)no1. The zero-order valence-corrected chi connectivity index (χ0v) is 15.9. The lowest BCUT2D eigenvalue weighted by atomic mass is 9.95. The molecule has 0 bridgehead atoms. The number of rotatable bonds is 5. The summed E-state index contributed by atoms with van der Waals surface area (Å²) in [5, 5.41) is 4.17. The molecule has 6 heteroatoms. The first-order valence-electron chi connectivity index (χ1n) is 9.71. The van der Waals surface area contributed by atoms with Crippen molar-refractivity contribution in [2.24, 2.45) is 0 Å². The molecule has 6 nitrogen and oxygen atoms in total. The highest BCUT2D eigenvalue weighted by Crippen LogP contribution is 2.36. The van der Waals surface area contributed by atoms with Crippen molar-refractivity contribution in [2.75, 3.05) is 17.2 Å². The Bertz CT molecular complexity index is 1110. The molecule has 1 saturated heterocycles. The molecular weight excluding hydrogens is 362 g/mol.